The highest BCUT2D eigenvalue weighted by Crippen LogP contribution is 2.21. The van der Waals surface area contributed by atoms with Crippen LogP contribution >= 0.6 is 0 Å². The second-order valence-corrected chi connectivity index (χ2v) is 6.33. The lowest BCUT2D eigenvalue weighted by atomic mass is 9.94. The second kappa shape index (κ2) is 5.26. The summed E-state index contributed by atoms with van der Waals surface area (Å²) in [4.78, 5) is 0.145. The number of aliphatic hydroxyl groups excluding tert-OH is 1. The van der Waals surface area contributed by atoms with Crippen LogP contribution in [-0.2, 0) is 10.0 Å². The molecular formula is C12H17NO4S. The van der Waals surface area contributed by atoms with Crippen LogP contribution in [0.3, 0.4) is 0 Å². The largest absolute Gasteiger partial charge is 0.508 e. The standard InChI is InChI=1S/C12H17NO4S/c14-10-3-1-9(2-4-10)13-18(16,17)12-7-5-11(15)6-8-12/h5-10,13-15H,1-4H2. The Morgan fingerprint density at radius 1 is 1.06 bits per heavy atom. The Bertz CT molecular complexity index is 489. The first-order valence-electron chi connectivity index (χ1n) is 5.97. The minimum Gasteiger partial charge on any atom is -0.508 e. The first-order chi connectivity index (χ1) is 8.47. The van der Waals surface area contributed by atoms with Gasteiger partial charge in [-0.1, -0.05) is 0 Å². The van der Waals surface area contributed by atoms with Crippen LogP contribution in [-0.4, -0.2) is 30.8 Å². The Morgan fingerprint density at radius 2 is 1.61 bits per heavy atom. The molecule has 1 saturated carbocycles. The van der Waals surface area contributed by atoms with Gasteiger partial charge in [0.15, 0.2) is 0 Å². The summed E-state index contributed by atoms with van der Waals surface area (Å²) in [6.45, 7) is 0. The molecule has 3 N–H and O–H groups in total. The van der Waals surface area contributed by atoms with Crippen molar-refractivity contribution in [3.05, 3.63) is 24.3 Å². The van der Waals surface area contributed by atoms with E-state index in [1.807, 2.05) is 0 Å². The molecule has 0 heterocycles. The fourth-order valence-corrected chi connectivity index (χ4v) is 3.41. The predicted octanol–water partition coefficient (Wildman–Crippen LogP) is 0.974. The number of benzene rings is 1. The van der Waals surface area contributed by atoms with E-state index in [0.717, 1.165) is 0 Å². The average Bonchev–Trinajstić information content (AvgIpc) is 2.32. The van der Waals surface area contributed by atoms with Crippen LogP contribution in [0, 0.1) is 0 Å². The highest BCUT2D eigenvalue weighted by molar-refractivity contribution is 7.89. The van der Waals surface area contributed by atoms with Gasteiger partial charge in [0.2, 0.25) is 10.0 Å². The van der Waals surface area contributed by atoms with Gasteiger partial charge in [0.25, 0.3) is 0 Å². The van der Waals surface area contributed by atoms with Crippen molar-refractivity contribution in [1.29, 1.82) is 0 Å². The minimum atomic E-state index is -3.54. The van der Waals surface area contributed by atoms with E-state index in [0.29, 0.717) is 25.7 Å². The predicted molar refractivity (Wildman–Crippen MR) is 66.7 cm³/mol. The maximum atomic E-state index is 12.0. The molecule has 1 aliphatic carbocycles. The summed E-state index contributed by atoms with van der Waals surface area (Å²) in [5.74, 6) is 0.0368. The number of phenols is 1. The zero-order valence-electron chi connectivity index (χ0n) is 9.91. The summed E-state index contributed by atoms with van der Waals surface area (Å²) >= 11 is 0. The van der Waals surface area contributed by atoms with Gasteiger partial charge in [-0.05, 0) is 49.9 Å². The molecule has 0 unspecified atom stereocenters. The lowest BCUT2D eigenvalue weighted by Crippen LogP contribution is -2.38. The average molecular weight is 271 g/mol. The Labute approximate surface area is 107 Å². The van der Waals surface area contributed by atoms with Crippen molar-refractivity contribution in [3.63, 3.8) is 0 Å². The highest BCUT2D eigenvalue weighted by Gasteiger charge is 2.24. The molecule has 6 heteroatoms. The summed E-state index contributed by atoms with van der Waals surface area (Å²) in [5, 5.41) is 18.5. The maximum Gasteiger partial charge on any atom is 0.240 e. The van der Waals surface area contributed by atoms with Crippen molar-refractivity contribution in [2.45, 2.75) is 42.7 Å². The van der Waals surface area contributed by atoms with Gasteiger partial charge in [-0.3, -0.25) is 0 Å². The number of hydrogen-bond donors (Lipinski definition) is 3. The monoisotopic (exact) mass is 271 g/mol. The fraction of sp³-hybridized carbons (Fsp3) is 0.500. The number of rotatable bonds is 3. The molecule has 5 nitrogen and oxygen atoms in total. The second-order valence-electron chi connectivity index (χ2n) is 4.62. The Hall–Kier alpha value is -1.11. The van der Waals surface area contributed by atoms with Crippen LogP contribution in [0.15, 0.2) is 29.2 Å². The number of nitrogens with one attached hydrogen (secondary N) is 1. The quantitative estimate of drug-likeness (QED) is 0.764. The van der Waals surface area contributed by atoms with E-state index >= 15 is 0 Å². The lowest BCUT2D eigenvalue weighted by molar-refractivity contribution is 0.120. The summed E-state index contributed by atoms with van der Waals surface area (Å²) in [5.41, 5.74) is 0. The molecule has 0 saturated heterocycles. The summed E-state index contributed by atoms with van der Waals surface area (Å²) < 4.78 is 26.7. The minimum absolute atomic E-state index is 0.0368. The van der Waals surface area contributed by atoms with Gasteiger partial charge < -0.3 is 10.2 Å². The lowest BCUT2D eigenvalue weighted by Gasteiger charge is -2.25. The summed E-state index contributed by atoms with van der Waals surface area (Å²) in [7, 11) is -3.54. The van der Waals surface area contributed by atoms with Crippen LogP contribution in [0.25, 0.3) is 0 Å². The molecule has 0 bridgehead atoms. The first kappa shape index (κ1) is 13.3. The molecule has 1 aromatic rings. The van der Waals surface area contributed by atoms with E-state index in [-0.39, 0.29) is 22.8 Å². The first-order valence-corrected chi connectivity index (χ1v) is 7.45. The Kier molecular flexibility index (Phi) is 3.89. The number of hydrogen-bond acceptors (Lipinski definition) is 4. The van der Waals surface area contributed by atoms with E-state index in [1.54, 1.807) is 0 Å². The highest BCUT2D eigenvalue weighted by atomic mass is 32.2. The third-order valence-corrected chi connectivity index (χ3v) is 4.70. The SMILES string of the molecule is O=S(=O)(NC1CCC(O)CC1)c1ccc(O)cc1. The van der Waals surface area contributed by atoms with Crippen LogP contribution in [0.5, 0.6) is 5.75 Å². The van der Waals surface area contributed by atoms with Crippen molar-refractivity contribution < 1.29 is 18.6 Å². The zero-order valence-corrected chi connectivity index (χ0v) is 10.7. The fourth-order valence-electron chi connectivity index (χ4n) is 2.11. The molecule has 1 aliphatic rings. The van der Waals surface area contributed by atoms with Gasteiger partial charge in [0, 0.05) is 6.04 Å². The third-order valence-electron chi connectivity index (χ3n) is 3.17. The third kappa shape index (κ3) is 3.22. The maximum absolute atomic E-state index is 12.0. The summed E-state index contributed by atoms with van der Waals surface area (Å²) in [6, 6.07) is 5.32. The van der Waals surface area contributed by atoms with E-state index in [4.69, 9.17) is 5.11 Å². The summed E-state index contributed by atoms with van der Waals surface area (Å²) in [6.07, 6.45) is 2.25. The molecule has 0 spiro atoms. The van der Waals surface area contributed by atoms with Gasteiger partial charge >= 0.3 is 0 Å². The zero-order chi connectivity index (χ0) is 13.2. The molecule has 0 amide bonds. The molecule has 100 valence electrons. The van der Waals surface area contributed by atoms with Gasteiger partial charge in [0.1, 0.15) is 5.75 Å². The molecule has 0 radical (unpaired) electrons. The van der Waals surface area contributed by atoms with Gasteiger partial charge in [-0.15, -0.1) is 0 Å². The molecule has 1 aromatic carbocycles. The molecule has 1 fully saturated rings. The van der Waals surface area contributed by atoms with Gasteiger partial charge in [-0.25, -0.2) is 13.1 Å². The molecule has 18 heavy (non-hydrogen) atoms. The van der Waals surface area contributed by atoms with E-state index in [1.165, 1.54) is 24.3 Å². The molecule has 2 rings (SSSR count). The van der Waals surface area contributed by atoms with Crippen LogP contribution in [0.4, 0.5) is 0 Å². The number of sulfonamides is 1. The molecule has 0 atom stereocenters. The van der Waals surface area contributed by atoms with Crippen molar-refractivity contribution in [3.8, 4) is 5.75 Å². The topological polar surface area (TPSA) is 86.6 Å². The van der Waals surface area contributed by atoms with E-state index < -0.39 is 10.0 Å². The van der Waals surface area contributed by atoms with Crippen LogP contribution in [0.2, 0.25) is 0 Å². The van der Waals surface area contributed by atoms with Gasteiger partial charge in [-0.2, -0.15) is 0 Å². The molecule has 0 aromatic heterocycles. The Morgan fingerprint density at radius 3 is 2.17 bits per heavy atom. The molecule has 0 aliphatic heterocycles. The number of aromatic hydroxyl groups is 1. The van der Waals surface area contributed by atoms with Gasteiger partial charge in [0.05, 0.1) is 11.0 Å². The number of phenolic OH excluding ortho intramolecular Hbond substituents is 1. The van der Waals surface area contributed by atoms with Crippen molar-refractivity contribution >= 4 is 10.0 Å². The van der Waals surface area contributed by atoms with Crippen molar-refractivity contribution in [2.24, 2.45) is 0 Å². The van der Waals surface area contributed by atoms with Crippen molar-refractivity contribution in [1.82, 2.24) is 4.72 Å². The van der Waals surface area contributed by atoms with Crippen LogP contribution < -0.4 is 4.72 Å². The molecular weight excluding hydrogens is 254 g/mol. The van der Waals surface area contributed by atoms with E-state index in [2.05, 4.69) is 4.72 Å². The smallest absolute Gasteiger partial charge is 0.240 e. The number of aliphatic hydroxyl groups is 1. The van der Waals surface area contributed by atoms with E-state index in [9.17, 15) is 13.5 Å². The van der Waals surface area contributed by atoms with Crippen molar-refractivity contribution in [2.75, 3.05) is 0 Å². The Balaban J connectivity index is 2.05. The van der Waals surface area contributed by atoms with Crippen LogP contribution in [0.1, 0.15) is 25.7 Å². The normalized spacial score (nSPS) is 24.9.